The highest BCUT2D eigenvalue weighted by Crippen LogP contribution is 2.26. The van der Waals surface area contributed by atoms with E-state index in [1.165, 1.54) is 0 Å². The smallest absolute Gasteiger partial charge is 0.311 e. The zero-order chi connectivity index (χ0) is 13.5. The minimum absolute atomic E-state index is 0.331. The molecule has 1 aromatic heterocycles. The minimum Gasteiger partial charge on any atom is -0.466 e. The highest BCUT2D eigenvalue weighted by molar-refractivity contribution is 5.73. The molecule has 100 valence electrons. The Kier molecular flexibility index (Phi) is 5.78. The highest BCUT2D eigenvalue weighted by Gasteiger charge is 2.28. The molecule has 0 spiro atoms. The fraction of sp³-hybridized carbons (Fsp3) is 0.571. The first-order chi connectivity index (χ1) is 8.60. The van der Waals surface area contributed by atoms with Crippen molar-refractivity contribution in [2.75, 3.05) is 6.61 Å². The maximum atomic E-state index is 11.8. The molecule has 2 atom stereocenters. The van der Waals surface area contributed by atoms with E-state index >= 15 is 0 Å². The number of carbonyl (C=O) groups is 1. The molecule has 0 bridgehead atoms. The summed E-state index contributed by atoms with van der Waals surface area (Å²) < 4.78 is 5.00. The first-order valence-corrected chi connectivity index (χ1v) is 6.37. The Morgan fingerprint density at radius 1 is 1.44 bits per heavy atom. The number of aliphatic hydroxyl groups excluding tert-OH is 1. The van der Waals surface area contributed by atoms with E-state index in [-0.39, 0.29) is 5.97 Å². The molecular formula is C14H21NO3. The third-order valence-electron chi connectivity index (χ3n) is 2.85. The molecule has 0 aromatic carbocycles. The van der Waals surface area contributed by atoms with Crippen molar-refractivity contribution in [3.63, 3.8) is 0 Å². The van der Waals surface area contributed by atoms with Crippen LogP contribution in [0.15, 0.2) is 18.3 Å². The Morgan fingerprint density at radius 3 is 2.67 bits per heavy atom. The molecule has 0 aliphatic heterocycles. The van der Waals surface area contributed by atoms with Gasteiger partial charge in [0.15, 0.2) is 0 Å². The predicted molar refractivity (Wildman–Crippen MR) is 69.0 cm³/mol. The zero-order valence-corrected chi connectivity index (χ0v) is 11.2. The van der Waals surface area contributed by atoms with Crippen molar-refractivity contribution in [2.24, 2.45) is 5.92 Å². The molecule has 1 rings (SSSR count). The van der Waals surface area contributed by atoms with Crippen molar-refractivity contribution >= 4 is 5.97 Å². The van der Waals surface area contributed by atoms with E-state index in [1.807, 2.05) is 19.9 Å². The van der Waals surface area contributed by atoms with Crippen LogP contribution < -0.4 is 0 Å². The topological polar surface area (TPSA) is 59.4 Å². The van der Waals surface area contributed by atoms with Gasteiger partial charge in [0, 0.05) is 11.9 Å². The van der Waals surface area contributed by atoms with Crippen LogP contribution in [0.5, 0.6) is 0 Å². The molecule has 0 aliphatic rings. The number of nitrogens with zero attached hydrogens (tertiary/aromatic N) is 1. The number of aliphatic hydroxyl groups is 1. The highest BCUT2D eigenvalue weighted by atomic mass is 16.5. The summed E-state index contributed by atoms with van der Waals surface area (Å²) in [6, 6.07) is 3.63. The van der Waals surface area contributed by atoms with Gasteiger partial charge in [-0.05, 0) is 31.9 Å². The molecule has 4 heteroatoms. The lowest BCUT2D eigenvalue weighted by molar-refractivity contribution is -0.152. The maximum absolute atomic E-state index is 11.8. The maximum Gasteiger partial charge on any atom is 0.311 e. The number of aryl methyl sites for hydroxylation is 1. The fourth-order valence-corrected chi connectivity index (χ4v) is 1.85. The summed E-state index contributed by atoms with van der Waals surface area (Å²) in [6.45, 7) is 5.95. The van der Waals surface area contributed by atoms with E-state index in [0.717, 1.165) is 12.1 Å². The van der Waals surface area contributed by atoms with E-state index in [1.54, 1.807) is 19.2 Å². The Hall–Kier alpha value is -1.42. The lowest BCUT2D eigenvalue weighted by Crippen LogP contribution is -2.24. The van der Waals surface area contributed by atoms with Crippen LogP contribution >= 0.6 is 0 Å². The summed E-state index contributed by atoms with van der Waals surface area (Å²) in [4.78, 5) is 15.9. The summed E-state index contributed by atoms with van der Waals surface area (Å²) in [6.07, 6.45) is 2.19. The number of hydrogen-bond acceptors (Lipinski definition) is 4. The van der Waals surface area contributed by atoms with Crippen LogP contribution in [0.25, 0.3) is 0 Å². The van der Waals surface area contributed by atoms with Crippen molar-refractivity contribution in [2.45, 2.75) is 39.7 Å². The second kappa shape index (κ2) is 7.11. The van der Waals surface area contributed by atoms with E-state index in [9.17, 15) is 9.90 Å². The van der Waals surface area contributed by atoms with E-state index in [4.69, 9.17) is 4.74 Å². The van der Waals surface area contributed by atoms with E-state index < -0.39 is 12.0 Å². The van der Waals surface area contributed by atoms with Crippen LogP contribution in [-0.2, 0) is 9.53 Å². The molecule has 1 aromatic rings. The lowest BCUT2D eigenvalue weighted by Gasteiger charge is -2.21. The predicted octanol–water partition coefficient (Wildman–Crippen LogP) is 2.40. The minimum atomic E-state index is -0.850. The number of pyridine rings is 1. The average molecular weight is 251 g/mol. The van der Waals surface area contributed by atoms with E-state index in [2.05, 4.69) is 4.98 Å². The summed E-state index contributed by atoms with van der Waals surface area (Å²) in [7, 11) is 0. The van der Waals surface area contributed by atoms with Crippen molar-refractivity contribution < 1.29 is 14.6 Å². The average Bonchev–Trinajstić information content (AvgIpc) is 2.36. The second-order valence-corrected chi connectivity index (χ2v) is 4.32. The number of carbonyl (C=O) groups excluding carboxylic acids is 1. The molecule has 0 radical (unpaired) electrons. The number of aromatic nitrogens is 1. The number of ether oxygens (including phenoxy) is 1. The normalized spacial score (nSPS) is 14.0. The molecular weight excluding hydrogens is 230 g/mol. The van der Waals surface area contributed by atoms with Gasteiger partial charge in [0.2, 0.25) is 0 Å². The van der Waals surface area contributed by atoms with Gasteiger partial charge in [-0.1, -0.05) is 19.4 Å². The van der Waals surface area contributed by atoms with Crippen LogP contribution in [0.4, 0.5) is 0 Å². The van der Waals surface area contributed by atoms with Crippen molar-refractivity contribution in [1.29, 1.82) is 0 Å². The van der Waals surface area contributed by atoms with Crippen LogP contribution in [0.3, 0.4) is 0 Å². The molecule has 2 unspecified atom stereocenters. The summed E-state index contributed by atoms with van der Waals surface area (Å²) >= 11 is 0. The molecule has 0 fully saturated rings. The van der Waals surface area contributed by atoms with Crippen molar-refractivity contribution in [3.05, 3.63) is 29.6 Å². The Balaban J connectivity index is 2.84. The second-order valence-electron chi connectivity index (χ2n) is 4.32. The van der Waals surface area contributed by atoms with Gasteiger partial charge in [-0.2, -0.15) is 0 Å². The molecule has 0 saturated carbocycles. The van der Waals surface area contributed by atoms with Crippen LogP contribution in [0, 0.1) is 12.8 Å². The van der Waals surface area contributed by atoms with Crippen LogP contribution in [0.2, 0.25) is 0 Å². The summed E-state index contributed by atoms with van der Waals surface area (Å²) in [5, 5.41) is 10.3. The van der Waals surface area contributed by atoms with Gasteiger partial charge >= 0.3 is 5.97 Å². The van der Waals surface area contributed by atoms with Crippen molar-refractivity contribution in [3.8, 4) is 0 Å². The largest absolute Gasteiger partial charge is 0.466 e. The molecule has 1 N–H and O–H groups in total. The summed E-state index contributed by atoms with van der Waals surface area (Å²) in [5.74, 6) is -0.855. The molecule has 18 heavy (non-hydrogen) atoms. The Morgan fingerprint density at radius 2 is 2.17 bits per heavy atom. The number of esters is 1. The zero-order valence-electron chi connectivity index (χ0n) is 11.2. The lowest BCUT2D eigenvalue weighted by atomic mass is 9.92. The summed E-state index contributed by atoms with van der Waals surface area (Å²) in [5.41, 5.74) is 1.54. The van der Waals surface area contributed by atoms with Gasteiger partial charge in [0.25, 0.3) is 0 Å². The van der Waals surface area contributed by atoms with Gasteiger partial charge in [0.05, 0.1) is 18.6 Å². The monoisotopic (exact) mass is 251 g/mol. The standard InChI is InChI=1S/C14H21NO3/c1-4-6-12(14(17)18-5-2)13(16)11-8-7-10(3)15-9-11/h7-9,12-13,16H,4-6H2,1-3H3. The van der Waals surface area contributed by atoms with Gasteiger partial charge in [0.1, 0.15) is 0 Å². The third-order valence-corrected chi connectivity index (χ3v) is 2.85. The van der Waals surface area contributed by atoms with Gasteiger partial charge in [-0.15, -0.1) is 0 Å². The van der Waals surface area contributed by atoms with Gasteiger partial charge < -0.3 is 9.84 Å². The Labute approximate surface area is 108 Å². The van der Waals surface area contributed by atoms with Gasteiger partial charge in [-0.25, -0.2) is 0 Å². The fourth-order valence-electron chi connectivity index (χ4n) is 1.85. The van der Waals surface area contributed by atoms with E-state index in [0.29, 0.717) is 18.6 Å². The third kappa shape index (κ3) is 3.81. The van der Waals surface area contributed by atoms with Crippen LogP contribution in [-0.4, -0.2) is 22.7 Å². The molecule has 0 amide bonds. The molecule has 1 heterocycles. The molecule has 4 nitrogen and oxygen atoms in total. The number of rotatable bonds is 6. The molecule has 0 aliphatic carbocycles. The first-order valence-electron chi connectivity index (χ1n) is 6.37. The molecule has 0 saturated heterocycles. The van der Waals surface area contributed by atoms with Crippen molar-refractivity contribution in [1.82, 2.24) is 4.98 Å². The SMILES string of the molecule is CCCC(C(=O)OCC)C(O)c1ccc(C)nc1. The number of hydrogen-bond donors (Lipinski definition) is 1. The Bertz CT molecular complexity index is 375. The van der Waals surface area contributed by atoms with Gasteiger partial charge in [-0.3, -0.25) is 9.78 Å². The quantitative estimate of drug-likeness (QED) is 0.789. The van der Waals surface area contributed by atoms with Crippen LogP contribution in [0.1, 0.15) is 44.1 Å². The first kappa shape index (κ1) is 14.6.